The Kier molecular flexibility index (Phi) is 2.35. The Morgan fingerprint density at radius 2 is 2.19 bits per heavy atom. The van der Waals surface area contributed by atoms with Gasteiger partial charge in [-0.2, -0.15) is 5.10 Å². The molecule has 1 amide bonds. The largest absolute Gasteiger partial charge is 0.323 e. The molecule has 0 unspecified atom stereocenters. The molecule has 84 valence electrons. The van der Waals surface area contributed by atoms with Crippen LogP contribution in [0.3, 0.4) is 0 Å². The SMILES string of the molecule is Cc1n[nH]c(C)c1NC(=O)c1c[nH]c(=O)[nH]1. The van der Waals surface area contributed by atoms with Crippen LogP contribution in [0.5, 0.6) is 0 Å². The molecule has 2 aromatic heterocycles. The number of imidazole rings is 1. The minimum atomic E-state index is -0.411. The summed E-state index contributed by atoms with van der Waals surface area (Å²) in [5, 5.41) is 9.37. The molecule has 0 aliphatic carbocycles. The van der Waals surface area contributed by atoms with E-state index < -0.39 is 5.69 Å². The van der Waals surface area contributed by atoms with Crippen LogP contribution in [0, 0.1) is 13.8 Å². The Balaban J connectivity index is 2.23. The third-order valence-corrected chi connectivity index (χ3v) is 2.21. The average Bonchev–Trinajstić information content (AvgIpc) is 2.79. The number of aromatic amines is 3. The molecule has 0 radical (unpaired) electrons. The first kappa shape index (κ1) is 10.2. The van der Waals surface area contributed by atoms with Gasteiger partial charge in [-0.05, 0) is 13.8 Å². The number of amides is 1. The number of H-pyrrole nitrogens is 3. The van der Waals surface area contributed by atoms with E-state index in [0.717, 1.165) is 5.69 Å². The molecule has 16 heavy (non-hydrogen) atoms. The molecule has 7 nitrogen and oxygen atoms in total. The van der Waals surface area contributed by atoms with Crippen LogP contribution in [0.15, 0.2) is 11.0 Å². The molecule has 0 fully saturated rings. The first-order chi connectivity index (χ1) is 7.58. The quantitative estimate of drug-likeness (QED) is 0.585. The van der Waals surface area contributed by atoms with Crippen molar-refractivity contribution in [2.75, 3.05) is 5.32 Å². The summed E-state index contributed by atoms with van der Waals surface area (Å²) in [5.41, 5.74) is 1.87. The van der Waals surface area contributed by atoms with E-state index in [-0.39, 0.29) is 11.6 Å². The number of aromatic nitrogens is 4. The summed E-state index contributed by atoms with van der Waals surface area (Å²) in [6.45, 7) is 3.58. The van der Waals surface area contributed by atoms with Gasteiger partial charge in [0.2, 0.25) is 0 Å². The number of aryl methyl sites for hydroxylation is 2. The second kappa shape index (κ2) is 3.69. The van der Waals surface area contributed by atoms with Crippen LogP contribution in [0.4, 0.5) is 5.69 Å². The van der Waals surface area contributed by atoms with Crippen LogP contribution in [-0.4, -0.2) is 26.1 Å². The van der Waals surface area contributed by atoms with E-state index in [0.29, 0.717) is 11.4 Å². The molecule has 0 bridgehead atoms. The fraction of sp³-hybridized carbons (Fsp3) is 0.222. The Labute approximate surface area is 90.3 Å². The van der Waals surface area contributed by atoms with E-state index in [2.05, 4.69) is 25.5 Å². The Morgan fingerprint density at radius 1 is 1.44 bits per heavy atom. The summed E-state index contributed by atoms with van der Waals surface area (Å²) in [7, 11) is 0. The highest BCUT2D eigenvalue weighted by molar-refractivity contribution is 6.03. The summed E-state index contributed by atoms with van der Waals surface area (Å²) < 4.78 is 0. The van der Waals surface area contributed by atoms with E-state index in [1.165, 1.54) is 6.20 Å². The zero-order valence-corrected chi connectivity index (χ0v) is 8.84. The molecule has 0 aromatic carbocycles. The fourth-order valence-corrected chi connectivity index (χ4v) is 1.37. The first-order valence-corrected chi connectivity index (χ1v) is 4.68. The van der Waals surface area contributed by atoms with Gasteiger partial charge in [-0.25, -0.2) is 4.79 Å². The van der Waals surface area contributed by atoms with Crippen molar-refractivity contribution < 1.29 is 4.79 Å². The number of carbonyl (C=O) groups excluding carboxylic acids is 1. The summed E-state index contributed by atoms with van der Waals surface area (Å²) in [6.07, 6.45) is 1.32. The summed E-state index contributed by atoms with van der Waals surface area (Å²) in [5.74, 6) is -0.383. The number of hydrogen-bond donors (Lipinski definition) is 4. The van der Waals surface area contributed by atoms with Gasteiger partial charge in [-0.3, -0.25) is 9.89 Å². The van der Waals surface area contributed by atoms with Crippen molar-refractivity contribution in [1.29, 1.82) is 0 Å². The van der Waals surface area contributed by atoms with Gasteiger partial charge >= 0.3 is 5.69 Å². The topological polar surface area (TPSA) is 106 Å². The number of hydrogen-bond acceptors (Lipinski definition) is 3. The van der Waals surface area contributed by atoms with Crippen molar-refractivity contribution in [3.63, 3.8) is 0 Å². The lowest BCUT2D eigenvalue weighted by Crippen LogP contribution is -2.14. The highest BCUT2D eigenvalue weighted by Crippen LogP contribution is 2.16. The van der Waals surface area contributed by atoms with Crippen molar-refractivity contribution in [3.05, 3.63) is 33.8 Å². The molecule has 0 saturated carbocycles. The molecule has 0 spiro atoms. The van der Waals surface area contributed by atoms with Crippen molar-refractivity contribution in [3.8, 4) is 0 Å². The molecular formula is C9H11N5O2. The molecule has 4 N–H and O–H groups in total. The normalized spacial score (nSPS) is 10.4. The standard InChI is InChI=1S/C9H11N5O2/c1-4-7(5(2)14-13-4)12-8(15)6-3-10-9(16)11-6/h3H,1-2H3,(H,12,15)(H,13,14)(H2,10,11,16). The highest BCUT2D eigenvalue weighted by atomic mass is 16.2. The third-order valence-electron chi connectivity index (χ3n) is 2.21. The van der Waals surface area contributed by atoms with Crippen LogP contribution >= 0.6 is 0 Å². The third kappa shape index (κ3) is 1.74. The fourth-order valence-electron chi connectivity index (χ4n) is 1.37. The van der Waals surface area contributed by atoms with Crippen molar-refractivity contribution >= 4 is 11.6 Å². The van der Waals surface area contributed by atoms with Crippen molar-refractivity contribution in [2.45, 2.75) is 13.8 Å². The van der Waals surface area contributed by atoms with Crippen LogP contribution in [0.25, 0.3) is 0 Å². The van der Waals surface area contributed by atoms with Gasteiger partial charge in [0, 0.05) is 6.20 Å². The Hall–Kier alpha value is -2.31. The molecule has 2 heterocycles. The van der Waals surface area contributed by atoms with Gasteiger partial charge in [0.25, 0.3) is 5.91 Å². The predicted molar refractivity (Wildman–Crippen MR) is 57.4 cm³/mol. The molecule has 0 aliphatic heterocycles. The molecule has 0 aliphatic rings. The number of anilines is 1. The van der Waals surface area contributed by atoms with E-state index in [4.69, 9.17) is 0 Å². The van der Waals surface area contributed by atoms with Gasteiger partial charge in [0.1, 0.15) is 5.69 Å². The number of nitrogens with one attached hydrogen (secondary N) is 4. The minimum Gasteiger partial charge on any atom is -0.318 e. The zero-order valence-electron chi connectivity index (χ0n) is 8.84. The lowest BCUT2D eigenvalue weighted by atomic mass is 10.3. The number of rotatable bonds is 2. The maximum atomic E-state index is 11.7. The van der Waals surface area contributed by atoms with Crippen LogP contribution in [0.2, 0.25) is 0 Å². The number of nitrogens with zero attached hydrogens (tertiary/aromatic N) is 1. The maximum absolute atomic E-state index is 11.7. The van der Waals surface area contributed by atoms with E-state index in [1.54, 1.807) is 13.8 Å². The van der Waals surface area contributed by atoms with E-state index in [9.17, 15) is 9.59 Å². The zero-order chi connectivity index (χ0) is 11.7. The molecular weight excluding hydrogens is 210 g/mol. The summed E-state index contributed by atoms with van der Waals surface area (Å²) in [4.78, 5) is 27.2. The minimum absolute atomic E-state index is 0.185. The molecule has 2 aromatic rings. The first-order valence-electron chi connectivity index (χ1n) is 4.68. The highest BCUT2D eigenvalue weighted by Gasteiger charge is 2.12. The van der Waals surface area contributed by atoms with Gasteiger partial charge in [-0.1, -0.05) is 0 Å². The monoisotopic (exact) mass is 221 g/mol. The van der Waals surface area contributed by atoms with E-state index in [1.807, 2.05) is 0 Å². The lowest BCUT2D eigenvalue weighted by Gasteiger charge is -2.02. The van der Waals surface area contributed by atoms with Gasteiger partial charge < -0.3 is 15.3 Å². The summed E-state index contributed by atoms with van der Waals surface area (Å²) in [6, 6.07) is 0. The molecule has 0 atom stereocenters. The molecule has 0 saturated heterocycles. The Morgan fingerprint density at radius 3 is 2.69 bits per heavy atom. The lowest BCUT2D eigenvalue weighted by molar-refractivity contribution is 0.102. The van der Waals surface area contributed by atoms with Crippen LogP contribution in [0.1, 0.15) is 21.9 Å². The average molecular weight is 221 g/mol. The van der Waals surface area contributed by atoms with E-state index >= 15 is 0 Å². The Bertz CT molecular complexity index is 557. The predicted octanol–water partition coefficient (Wildman–Crippen LogP) is 0.295. The summed E-state index contributed by atoms with van der Waals surface area (Å²) >= 11 is 0. The molecule has 2 rings (SSSR count). The van der Waals surface area contributed by atoms with Crippen LogP contribution < -0.4 is 11.0 Å². The smallest absolute Gasteiger partial charge is 0.318 e. The second-order valence-corrected chi connectivity index (χ2v) is 3.42. The second-order valence-electron chi connectivity index (χ2n) is 3.42. The number of carbonyl (C=O) groups is 1. The van der Waals surface area contributed by atoms with Gasteiger partial charge in [0.05, 0.1) is 17.1 Å². The maximum Gasteiger partial charge on any atom is 0.323 e. The molecule has 7 heteroatoms. The van der Waals surface area contributed by atoms with Crippen molar-refractivity contribution in [1.82, 2.24) is 20.2 Å². The van der Waals surface area contributed by atoms with Gasteiger partial charge in [0.15, 0.2) is 0 Å². The van der Waals surface area contributed by atoms with Gasteiger partial charge in [-0.15, -0.1) is 0 Å². The van der Waals surface area contributed by atoms with Crippen LogP contribution in [-0.2, 0) is 0 Å². The van der Waals surface area contributed by atoms with Crippen molar-refractivity contribution in [2.24, 2.45) is 0 Å².